The molecule has 0 saturated heterocycles. The lowest BCUT2D eigenvalue weighted by Crippen LogP contribution is -2.14. The van der Waals surface area contributed by atoms with Crippen molar-refractivity contribution in [2.24, 2.45) is 0 Å². The molecule has 10 heavy (non-hydrogen) atoms. The normalized spacial score (nSPS) is 34.1. The number of alkyl halides is 2. The molecule has 0 aromatic carbocycles. The van der Waals surface area contributed by atoms with Crippen molar-refractivity contribution < 1.29 is 17.5 Å². The summed E-state index contributed by atoms with van der Waals surface area (Å²) < 4.78 is 44.9. The Labute approximate surface area is 59.9 Å². The molecule has 5 heteroatoms. The fourth-order valence-electron chi connectivity index (χ4n) is 1.07. The second-order valence-corrected chi connectivity index (χ2v) is 3.67. The minimum absolute atomic E-state index is 0.100. The highest BCUT2D eigenvalue weighted by atomic mass is 32.2. The van der Waals surface area contributed by atoms with Crippen molar-refractivity contribution in [1.82, 2.24) is 0 Å². The van der Waals surface area contributed by atoms with Crippen LogP contribution >= 0.6 is 0 Å². The zero-order chi connectivity index (χ0) is 7.78. The van der Waals surface area contributed by atoms with Gasteiger partial charge in [0.2, 0.25) is 5.92 Å². The van der Waals surface area contributed by atoms with Crippen molar-refractivity contribution in [2.75, 3.05) is 0 Å². The van der Waals surface area contributed by atoms with Gasteiger partial charge in [0, 0.05) is 12.8 Å². The van der Waals surface area contributed by atoms with Crippen molar-refractivity contribution >= 4 is 11.1 Å². The highest BCUT2D eigenvalue weighted by molar-refractivity contribution is 7.79. The van der Waals surface area contributed by atoms with E-state index in [9.17, 15) is 17.5 Å². The number of hydrogen-bond acceptors (Lipinski definition) is 1. The molecule has 2 atom stereocenters. The van der Waals surface area contributed by atoms with E-state index in [2.05, 4.69) is 0 Å². The zero-order valence-electron chi connectivity index (χ0n) is 5.18. The van der Waals surface area contributed by atoms with Gasteiger partial charge in [-0.1, -0.05) is 0 Å². The van der Waals surface area contributed by atoms with E-state index in [-0.39, 0.29) is 12.8 Å². The van der Waals surface area contributed by atoms with Crippen LogP contribution in [0, 0.1) is 0 Å². The van der Waals surface area contributed by atoms with Gasteiger partial charge in [-0.3, -0.25) is 0 Å². The van der Waals surface area contributed by atoms with Gasteiger partial charge in [-0.25, -0.2) is 13.0 Å². The average Bonchev–Trinajstić information content (AvgIpc) is 2.10. The molecule has 0 heterocycles. The monoisotopic (exact) mass is 169 g/mol. The fraction of sp³-hybridized carbons (Fsp3) is 1.00. The predicted molar refractivity (Wildman–Crippen MR) is 31.4 cm³/mol. The van der Waals surface area contributed by atoms with Crippen LogP contribution in [-0.4, -0.2) is 15.4 Å². The van der Waals surface area contributed by atoms with Crippen LogP contribution in [0.3, 0.4) is 0 Å². The summed E-state index contributed by atoms with van der Waals surface area (Å²) in [6, 6.07) is 0. The van der Waals surface area contributed by atoms with E-state index in [0.29, 0.717) is 0 Å². The van der Waals surface area contributed by atoms with Crippen LogP contribution in [0.5, 0.6) is 0 Å². The third-order valence-electron chi connectivity index (χ3n) is 1.63. The second-order valence-electron chi connectivity index (χ2n) is 2.48. The predicted octanol–water partition coefficient (Wildman–Crippen LogP) is 1.27. The maximum atomic E-state index is 12.3. The van der Waals surface area contributed by atoms with Gasteiger partial charge in [-0.05, 0) is 6.42 Å². The van der Waals surface area contributed by atoms with E-state index in [1.165, 1.54) is 0 Å². The molecule has 1 saturated carbocycles. The van der Waals surface area contributed by atoms with Gasteiger partial charge >= 0.3 is 0 Å². The molecule has 1 aliphatic rings. The smallest absolute Gasteiger partial charge is 0.227 e. The first kappa shape index (κ1) is 8.07. The van der Waals surface area contributed by atoms with E-state index in [1.54, 1.807) is 0 Å². The maximum Gasteiger partial charge on any atom is 0.249 e. The lowest BCUT2D eigenvalue weighted by Gasteiger charge is -2.05. The Bertz CT molecular complexity index is 160. The van der Waals surface area contributed by atoms with Gasteiger partial charge in [0.25, 0.3) is 0 Å². The summed E-state index contributed by atoms with van der Waals surface area (Å²) in [5.74, 6) is -2.75. The molecule has 0 amide bonds. The highest BCUT2D eigenvalue weighted by Gasteiger charge is 2.42. The van der Waals surface area contributed by atoms with E-state index in [0.717, 1.165) is 0 Å². The molecule has 1 aliphatic carbocycles. The summed E-state index contributed by atoms with van der Waals surface area (Å²) >= 11 is -2.32. The van der Waals surface area contributed by atoms with Gasteiger partial charge in [0.15, 0.2) is 11.1 Å². The Morgan fingerprint density at radius 2 is 2.10 bits per heavy atom. The number of rotatable bonds is 1. The Morgan fingerprint density at radius 3 is 2.30 bits per heavy atom. The molecule has 2 unspecified atom stereocenters. The highest BCUT2D eigenvalue weighted by Crippen LogP contribution is 2.36. The van der Waals surface area contributed by atoms with E-state index in [1.807, 2.05) is 0 Å². The fourth-order valence-corrected chi connectivity index (χ4v) is 1.76. The first-order chi connectivity index (χ1) is 4.51. The molecule has 59 valence electrons. The van der Waals surface area contributed by atoms with Crippen LogP contribution in [0.2, 0.25) is 0 Å². The molecule has 0 aromatic rings. The summed E-state index contributed by atoms with van der Waals surface area (Å²) in [6.45, 7) is 0. The van der Waals surface area contributed by atoms with Crippen LogP contribution in [0.4, 0.5) is 8.78 Å². The second kappa shape index (κ2) is 2.54. The molecular weight excluding hydrogens is 162 g/mol. The van der Waals surface area contributed by atoms with Crippen molar-refractivity contribution in [3.63, 3.8) is 0 Å². The topological polar surface area (TPSA) is 37.0 Å². The zero-order valence-corrected chi connectivity index (χ0v) is 6.00. The summed E-state index contributed by atoms with van der Waals surface area (Å²) in [5.41, 5.74) is 0. The van der Waals surface area contributed by atoms with Crippen LogP contribution in [0.15, 0.2) is 0 Å². The third-order valence-corrected chi connectivity index (χ3v) is 2.58. The van der Waals surface area contributed by atoms with E-state index >= 15 is 0 Å². The van der Waals surface area contributed by atoms with E-state index < -0.39 is 28.7 Å². The van der Waals surface area contributed by atoms with E-state index in [4.69, 9.17) is 0 Å². The number of hydrogen-bond donors (Lipinski definition) is 0. The SMILES string of the molecule is [O]S(=O)C1CCC(F)(F)C1. The largest absolute Gasteiger partial charge is 0.249 e. The molecule has 2 nitrogen and oxygen atoms in total. The average molecular weight is 169 g/mol. The van der Waals surface area contributed by atoms with Gasteiger partial charge in [-0.15, -0.1) is 4.55 Å². The quantitative estimate of drug-likeness (QED) is 0.582. The molecule has 1 rings (SSSR count). The molecule has 1 radical (unpaired) electrons. The minimum atomic E-state index is -2.75. The molecular formula is C5H7F2O2S. The Balaban J connectivity index is 2.51. The lowest BCUT2D eigenvalue weighted by atomic mass is 10.3. The minimum Gasteiger partial charge on any atom is -0.227 e. The summed E-state index contributed by atoms with van der Waals surface area (Å²) in [6.07, 6.45) is -0.683. The Hall–Kier alpha value is -0.0300. The first-order valence-electron chi connectivity index (χ1n) is 2.97. The third kappa shape index (κ3) is 1.73. The Morgan fingerprint density at radius 1 is 1.50 bits per heavy atom. The summed E-state index contributed by atoms with van der Waals surface area (Å²) in [5, 5.41) is -0.824. The van der Waals surface area contributed by atoms with Crippen molar-refractivity contribution in [3.05, 3.63) is 0 Å². The maximum absolute atomic E-state index is 12.3. The summed E-state index contributed by atoms with van der Waals surface area (Å²) in [4.78, 5) is 0. The molecule has 1 fully saturated rings. The van der Waals surface area contributed by atoms with Crippen molar-refractivity contribution in [2.45, 2.75) is 30.4 Å². The van der Waals surface area contributed by atoms with Gasteiger partial charge in [-0.2, -0.15) is 0 Å². The van der Waals surface area contributed by atoms with Crippen molar-refractivity contribution in [3.8, 4) is 0 Å². The van der Waals surface area contributed by atoms with Crippen LogP contribution in [-0.2, 0) is 15.6 Å². The molecule has 0 spiro atoms. The van der Waals surface area contributed by atoms with Crippen molar-refractivity contribution in [1.29, 1.82) is 0 Å². The summed E-state index contributed by atoms with van der Waals surface area (Å²) in [7, 11) is 0. The standard InChI is InChI=1S/C5H7F2O2S/c6-5(7)2-1-4(3-5)10(8)9/h4H,1-3H2. The van der Waals surface area contributed by atoms with Gasteiger partial charge in [0.1, 0.15) is 0 Å². The number of halogens is 2. The van der Waals surface area contributed by atoms with Crippen LogP contribution < -0.4 is 0 Å². The molecule has 0 N–H and O–H groups in total. The molecule has 0 bridgehead atoms. The first-order valence-corrected chi connectivity index (χ1v) is 4.11. The van der Waals surface area contributed by atoms with Gasteiger partial charge < -0.3 is 0 Å². The van der Waals surface area contributed by atoms with Crippen LogP contribution in [0.25, 0.3) is 0 Å². The molecule has 0 aliphatic heterocycles. The Kier molecular flexibility index (Phi) is 2.05. The van der Waals surface area contributed by atoms with Gasteiger partial charge in [0.05, 0.1) is 5.25 Å². The lowest BCUT2D eigenvalue weighted by molar-refractivity contribution is 0.00948. The molecule has 0 aromatic heterocycles. The van der Waals surface area contributed by atoms with Crippen LogP contribution in [0.1, 0.15) is 19.3 Å².